The van der Waals surface area contributed by atoms with Crippen LogP contribution >= 0.6 is 11.3 Å². The first-order valence-corrected chi connectivity index (χ1v) is 7.97. The van der Waals surface area contributed by atoms with Crippen molar-refractivity contribution in [2.24, 2.45) is 0 Å². The molecule has 2 rings (SSSR count). The van der Waals surface area contributed by atoms with Gasteiger partial charge in [-0.2, -0.15) is 0 Å². The van der Waals surface area contributed by atoms with Crippen molar-refractivity contribution in [2.75, 3.05) is 14.2 Å². The molecule has 7 heteroatoms. The largest absolute Gasteiger partial charge is 0.497 e. The van der Waals surface area contributed by atoms with Crippen LogP contribution in [0.4, 0.5) is 0 Å². The molecule has 1 aromatic carbocycles. The first-order chi connectivity index (χ1) is 11.5. The van der Waals surface area contributed by atoms with E-state index in [1.54, 1.807) is 24.3 Å². The van der Waals surface area contributed by atoms with Gasteiger partial charge < -0.3 is 9.47 Å². The van der Waals surface area contributed by atoms with Crippen molar-refractivity contribution in [3.63, 3.8) is 0 Å². The van der Waals surface area contributed by atoms with Crippen LogP contribution in [0.3, 0.4) is 0 Å². The number of ether oxygens (including phenoxy) is 2. The van der Waals surface area contributed by atoms with Gasteiger partial charge in [0.2, 0.25) is 0 Å². The van der Waals surface area contributed by atoms with Crippen molar-refractivity contribution in [1.29, 1.82) is 0 Å². The van der Waals surface area contributed by atoms with E-state index in [1.807, 2.05) is 18.4 Å². The maximum Gasteiger partial charge on any atom is 0.269 e. The third-order valence-electron chi connectivity index (χ3n) is 3.20. The van der Waals surface area contributed by atoms with E-state index in [0.29, 0.717) is 17.1 Å². The van der Waals surface area contributed by atoms with Crippen LogP contribution in [0.2, 0.25) is 0 Å². The van der Waals surface area contributed by atoms with E-state index in [1.165, 1.54) is 31.6 Å². The van der Waals surface area contributed by atoms with Gasteiger partial charge in [0.05, 0.1) is 14.2 Å². The Balaban J connectivity index is 1.96. The van der Waals surface area contributed by atoms with Crippen LogP contribution in [-0.2, 0) is 4.79 Å². The number of thiophene rings is 1. The minimum Gasteiger partial charge on any atom is -0.497 e. The smallest absolute Gasteiger partial charge is 0.269 e. The fourth-order valence-electron chi connectivity index (χ4n) is 1.88. The monoisotopic (exact) mass is 346 g/mol. The van der Waals surface area contributed by atoms with Gasteiger partial charge in [0.1, 0.15) is 11.5 Å². The average molecular weight is 346 g/mol. The van der Waals surface area contributed by atoms with Gasteiger partial charge in [-0.05, 0) is 42.1 Å². The van der Waals surface area contributed by atoms with Crippen LogP contribution in [0.1, 0.15) is 20.8 Å². The fourth-order valence-corrected chi connectivity index (χ4v) is 2.70. The minimum atomic E-state index is -0.471. The van der Waals surface area contributed by atoms with Crippen LogP contribution < -0.4 is 20.3 Å². The molecule has 2 N–H and O–H groups in total. The Bertz CT molecular complexity index is 745. The Morgan fingerprint density at radius 3 is 2.29 bits per heavy atom. The van der Waals surface area contributed by atoms with Crippen LogP contribution in [-0.4, -0.2) is 26.0 Å². The lowest BCUT2D eigenvalue weighted by Crippen LogP contribution is -2.40. The maximum absolute atomic E-state index is 12.1. The van der Waals surface area contributed by atoms with Crippen molar-refractivity contribution in [3.05, 3.63) is 51.7 Å². The zero-order valence-electron chi connectivity index (χ0n) is 13.6. The molecule has 24 heavy (non-hydrogen) atoms. The van der Waals surface area contributed by atoms with E-state index in [0.717, 1.165) is 10.4 Å². The predicted molar refractivity (Wildman–Crippen MR) is 93.2 cm³/mol. The third-order valence-corrected chi connectivity index (χ3v) is 4.18. The number of carbonyl (C=O) groups excluding carboxylic acids is 2. The van der Waals surface area contributed by atoms with Crippen molar-refractivity contribution in [3.8, 4) is 11.5 Å². The molecule has 2 amide bonds. The highest BCUT2D eigenvalue weighted by atomic mass is 32.1. The molecule has 0 aliphatic carbocycles. The molecule has 126 valence electrons. The molecular formula is C17H18N2O4S. The number of rotatable bonds is 5. The van der Waals surface area contributed by atoms with Gasteiger partial charge in [-0.25, -0.2) is 0 Å². The summed E-state index contributed by atoms with van der Waals surface area (Å²) in [6.45, 7) is 1.96. The highest BCUT2D eigenvalue weighted by Gasteiger charge is 2.10. The number of methoxy groups -OCH3 is 2. The van der Waals surface area contributed by atoms with Gasteiger partial charge in [-0.15, -0.1) is 11.3 Å². The highest BCUT2D eigenvalue weighted by molar-refractivity contribution is 7.11. The van der Waals surface area contributed by atoms with E-state index in [2.05, 4.69) is 10.9 Å². The molecule has 0 bridgehead atoms. The highest BCUT2D eigenvalue weighted by Crippen LogP contribution is 2.22. The Morgan fingerprint density at radius 2 is 1.75 bits per heavy atom. The van der Waals surface area contributed by atoms with Gasteiger partial charge in [0, 0.05) is 22.6 Å². The number of benzene rings is 1. The Labute approximate surface area is 144 Å². The quantitative estimate of drug-likeness (QED) is 0.644. The summed E-state index contributed by atoms with van der Waals surface area (Å²) in [5, 5.41) is 1.95. The van der Waals surface area contributed by atoms with E-state index in [-0.39, 0.29) is 0 Å². The Morgan fingerprint density at radius 1 is 1.08 bits per heavy atom. The normalized spacial score (nSPS) is 10.5. The molecule has 0 aliphatic heterocycles. The van der Waals surface area contributed by atoms with Crippen LogP contribution in [0.15, 0.2) is 35.7 Å². The van der Waals surface area contributed by atoms with Crippen molar-refractivity contribution in [1.82, 2.24) is 10.9 Å². The van der Waals surface area contributed by atoms with Crippen LogP contribution in [0.5, 0.6) is 11.5 Å². The number of hydrazine groups is 1. The second kappa shape index (κ2) is 8.16. The summed E-state index contributed by atoms with van der Waals surface area (Å²) < 4.78 is 10.2. The molecule has 0 radical (unpaired) electrons. The molecule has 0 saturated heterocycles. The van der Waals surface area contributed by atoms with Gasteiger partial charge in [0.15, 0.2) is 0 Å². The summed E-state index contributed by atoms with van der Waals surface area (Å²) in [6.07, 6.45) is 3.07. The molecule has 0 fully saturated rings. The molecule has 6 nitrogen and oxygen atoms in total. The van der Waals surface area contributed by atoms with E-state index >= 15 is 0 Å². The van der Waals surface area contributed by atoms with Gasteiger partial charge in [-0.3, -0.25) is 20.4 Å². The summed E-state index contributed by atoms with van der Waals surface area (Å²) in [4.78, 5) is 24.9. The Kier molecular flexibility index (Phi) is 5.97. The Hall–Kier alpha value is -2.80. The third kappa shape index (κ3) is 4.60. The van der Waals surface area contributed by atoms with Gasteiger partial charge in [-0.1, -0.05) is 0 Å². The van der Waals surface area contributed by atoms with Gasteiger partial charge >= 0.3 is 0 Å². The molecule has 2 aromatic rings. The number of amides is 2. The molecule has 0 spiro atoms. The molecule has 0 aliphatic rings. The lowest BCUT2D eigenvalue weighted by molar-refractivity contribution is -0.117. The van der Waals surface area contributed by atoms with Crippen molar-refractivity contribution in [2.45, 2.75) is 6.92 Å². The molecule has 0 saturated carbocycles. The maximum atomic E-state index is 12.1. The molecule has 1 heterocycles. The molecule has 0 unspecified atom stereocenters. The lowest BCUT2D eigenvalue weighted by atomic mass is 10.2. The summed E-state index contributed by atoms with van der Waals surface area (Å²) in [5.74, 6) is 0.0741. The standard InChI is InChI=1S/C17H18N2O4S/c1-11-6-7-24-15(11)4-5-16(20)18-19-17(21)12-8-13(22-2)10-14(9-12)23-3/h4-10H,1-3H3,(H,18,20)(H,19,21)/b5-4+. The summed E-state index contributed by atoms with van der Waals surface area (Å²) in [6, 6.07) is 6.73. The molecular weight excluding hydrogens is 328 g/mol. The fraction of sp³-hybridized carbons (Fsp3) is 0.176. The van der Waals surface area contributed by atoms with Crippen LogP contribution in [0, 0.1) is 6.92 Å². The van der Waals surface area contributed by atoms with E-state index in [9.17, 15) is 9.59 Å². The van der Waals surface area contributed by atoms with Gasteiger partial charge in [0.25, 0.3) is 11.8 Å². The molecule has 0 atom stereocenters. The second-order valence-corrected chi connectivity index (χ2v) is 5.79. The summed E-state index contributed by atoms with van der Waals surface area (Å²) in [7, 11) is 2.99. The summed E-state index contributed by atoms with van der Waals surface area (Å²) in [5.41, 5.74) is 6.09. The number of nitrogens with one attached hydrogen (secondary N) is 2. The van der Waals surface area contributed by atoms with E-state index in [4.69, 9.17) is 9.47 Å². The lowest BCUT2D eigenvalue weighted by Gasteiger charge is -2.09. The average Bonchev–Trinajstić information content (AvgIpc) is 3.02. The zero-order valence-corrected chi connectivity index (χ0v) is 14.4. The molecule has 1 aromatic heterocycles. The van der Waals surface area contributed by atoms with Crippen LogP contribution in [0.25, 0.3) is 6.08 Å². The topological polar surface area (TPSA) is 76.7 Å². The van der Waals surface area contributed by atoms with Crippen molar-refractivity contribution < 1.29 is 19.1 Å². The number of hydrogen-bond acceptors (Lipinski definition) is 5. The number of hydrogen-bond donors (Lipinski definition) is 2. The minimum absolute atomic E-state index is 0.310. The first-order valence-electron chi connectivity index (χ1n) is 7.09. The zero-order chi connectivity index (χ0) is 17.5. The van der Waals surface area contributed by atoms with Crippen molar-refractivity contribution >= 4 is 29.2 Å². The number of carbonyl (C=O) groups is 2. The predicted octanol–water partition coefficient (Wildman–Crippen LogP) is 2.55. The SMILES string of the molecule is COc1cc(OC)cc(C(=O)NNC(=O)/C=C/c2sccc2C)c1. The van der Waals surface area contributed by atoms with E-state index < -0.39 is 11.8 Å². The second-order valence-electron chi connectivity index (χ2n) is 4.85. The number of aryl methyl sites for hydroxylation is 1. The first kappa shape index (κ1) is 17.6. The summed E-state index contributed by atoms with van der Waals surface area (Å²) >= 11 is 1.54.